The van der Waals surface area contributed by atoms with Gasteiger partial charge in [-0.3, -0.25) is 9.59 Å². The van der Waals surface area contributed by atoms with E-state index in [9.17, 15) is 31.2 Å². The zero-order valence-electron chi connectivity index (χ0n) is 25.4. The van der Waals surface area contributed by atoms with E-state index in [0.717, 1.165) is 10.8 Å². The largest absolute Gasteiger partial charge is 0.497 e. The van der Waals surface area contributed by atoms with E-state index in [2.05, 4.69) is 20.9 Å². The molecule has 0 saturated carbocycles. The minimum absolute atomic E-state index is 0.0805. The summed E-state index contributed by atoms with van der Waals surface area (Å²) in [4.78, 5) is 38.3. The van der Waals surface area contributed by atoms with E-state index in [-0.39, 0.29) is 23.1 Å². The van der Waals surface area contributed by atoms with Crippen LogP contribution >= 0.6 is 0 Å². The van der Waals surface area contributed by atoms with Crippen LogP contribution in [-0.4, -0.2) is 55.3 Å². The Bertz CT molecular complexity index is 1890. The van der Waals surface area contributed by atoms with Crippen LogP contribution in [0.5, 0.6) is 5.75 Å². The quantitative estimate of drug-likeness (QED) is 0.158. The molecule has 47 heavy (non-hydrogen) atoms. The summed E-state index contributed by atoms with van der Waals surface area (Å²) in [5, 5.41) is 17.6. The first-order valence-corrected chi connectivity index (χ1v) is 15.5. The van der Waals surface area contributed by atoms with Crippen molar-refractivity contribution in [3.8, 4) is 5.75 Å². The molecule has 0 aliphatic carbocycles. The lowest BCUT2D eigenvalue weighted by atomic mass is 10.0. The molecule has 3 aromatic carbocycles. The summed E-state index contributed by atoms with van der Waals surface area (Å²) in [7, 11) is -2.04. The molecule has 0 bridgehead atoms. The molecule has 1 heterocycles. The van der Waals surface area contributed by atoms with E-state index in [1.165, 1.54) is 19.1 Å². The van der Waals surface area contributed by atoms with Crippen LogP contribution in [0.2, 0.25) is 0 Å². The van der Waals surface area contributed by atoms with Crippen LogP contribution in [-0.2, 0) is 30.8 Å². The number of amides is 2. The van der Waals surface area contributed by atoms with Gasteiger partial charge >= 0.3 is 12.1 Å². The van der Waals surface area contributed by atoms with Gasteiger partial charge in [0.15, 0.2) is 9.84 Å². The third-order valence-electron chi connectivity index (χ3n) is 6.59. The van der Waals surface area contributed by atoms with Crippen molar-refractivity contribution in [1.82, 2.24) is 10.3 Å². The number of hydrogen-bond donors (Lipinski definition) is 5. The third-order valence-corrected chi connectivity index (χ3v) is 8.42. The van der Waals surface area contributed by atoms with Gasteiger partial charge in [0, 0.05) is 36.4 Å². The van der Waals surface area contributed by atoms with Gasteiger partial charge in [0.1, 0.15) is 17.6 Å². The van der Waals surface area contributed by atoms with Gasteiger partial charge in [-0.15, -0.1) is 0 Å². The molecule has 0 radical (unpaired) electrons. The minimum atomic E-state index is -5.08. The number of ether oxygens (including phenoxy) is 1. The maximum atomic E-state index is 13.7. The fourth-order valence-electron chi connectivity index (χ4n) is 4.32. The standard InChI is InChI=1S/C29H31N5O5S.C2HF3O2/c1-4-40(37,38)26-11-9-22(33-18(2)35)15-21(26)17-32-29(36)27(20-6-5-7-24(16-20)39-3)34-23-8-10-25-19(14-23)12-13-31-28(25)30;3-2(4,5)1(6)7/h5-16,27,34H,4,17H2,1-3H3,(H2,30,31)(H,32,36)(H,33,35);(H,6,7). The highest BCUT2D eigenvalue weighted by Crippen LogP contribution is 2.28. The van der Waals surface area contributed by atoms with Crippen molar-refractivity contribution in [3.63, 3.8) is 0 Å². The van der Waals surface area contributed by atoms with Gasteiger partial charge in [-0.25, -0.2) is 18.2 Å². The average molecular weight is 676 g/mol. The highest BCUT2D eigenvalue weighted by molar-refractivity contribution is 7.91. The molecule has 16 heteroatoms. The molecule has 4 rings (SSSR count). The maximum absolute atomic E-state index is 13.7. The summed E-state index contributed by atoms with van der Waals surface area (Å²) < 4.78 is 62.6. The first-order valence-electron chi connectivity index (χ1n) is 13.8. The van der Waals surface area contributed by atoms with Gasteiger partial charge in [0.2, 0.25) is 11.8 Å². The Morgan fingerprint density at radius 1 is 1.02 bits per heavy atom. The third kappa shape index (κ3) is 9.80. The number of halogens is 3. The average Bonchev–Trinajstić information content (AvgIpc) is 3.02. The first kappa shape index (κ1) is 36.1. The molecule has 250 valence electrons. The number of carboxylic acid groups (broad SMARTS) is 1. The summed E-state index contributed by atoms with van der Waals surface area (Å²) in [5.41, 5.74) is 8.09. The lowest BCUT2D eigenvalue weighted by Crippen LogP contribution is -2.33. The number of carbonyl (C=O) groups excluding carboxylic acids is 2. The van der Waals surface area contributed by atoms with E-state index in [0.29, 0.717) is 34.1 Å². The summed E-state index contributed by atoms with van der Waals surface area (Å²) in [5.74, 6) is -2.57. The van der Waals surface area contributed by atoms with E-state index in [1.807, 2.05) is 24.3 Å². The number of hydrogen-bond acceptors (Lipinski definition) is 9. The molecule has 1 atom stereocenters. The van der Waals surface area contributed by atoms with Crippen molar-refractivity contribution in [2.75, 3.05) is 29.2 Å². The Labute approximate surface area is 268 Å². The Kier molecular flexibility index (Phi) is 11.7. The van der Waals surface area contributed by atoms with Crippen molar-refractivity contribution in [2.45, 2.75) is 37.5 Å². The lowest BCUT2D eigenvalue weighted by Gasteiger charge is -2.21. The van der Waals surface area contributed by atoms with Crippen molar-refractivity contribution in [3.05, 3.63) is 84.1 Å². The van der Waals surface area contributed by atoms with Gasteiger partial charge in [0.05, 0.1) is 17.8 Å². The van der Waals surface area contributed by atoms with Crippen molar-refractivity contribution < 1.29 is 45.8 Å². The number of nitrogens with two attached hydrogens (primary N) is 1. The number of carbonyl (C=O) groups is 3. The molecular weight excluding hydrogens is 643 g/mol. The van der Waals surface area contributed by atoms with Crippen LogP contribution in [0.1, 0.15) is 31.0 Å². The number of nitrogens with zero attached hydrogens (tertiary/aromatic N) is 1. The molecule has 0 saturated heterocycles. The van der Waals surface area contributed by atoms with Crippen molar-refractivity contribution >= 4 is 55.6 Å². The highest BCUT2D eigenvalue weighted by Gasteiger charge is 2.38. The number of nitrogen functional groups attached to an aromatic ring is 1. The Hall–Kier alpha value is -5.38. The van der Waals surface area contributed by atoms with Gasteiger partial charge in [-0.2, -0.15) is 13.2 Å². The number of pyridine rings is 1. The smallest absolute Gasteiger partial charge is 0.490 e. The minimum Gasteiger partial charge on any atom is -0.497 e. The number of alkyl halides is 3. The molecule has 1 unspecified atom stereocenters. The Morgan fingerprint density at radius 3 is 2.32 bits per heavy atom. The number of benzene rings is 3. The number of sulfone groups is 1. The highest BCUT2D eigenvalue weighted by atomic mass is 32.2. The molecule has 4 aromatic rings. The van der Waals surface area contributed by atoms with Crippen LogP contribution in [0.25, 0.3) is 10.8 Å². The molecule has 6 N–H and O–H groups in total. The van der Waals surface area contributed by atoms with Gasteiger partial charge in [0.25, 0.3) is 0 Å². The molecular formula is C31H32F3N5O7S. The lowest BCUT2D eigenvalue weighted by molar-refractivity contribution is -0.192. The molecule has 0 fully saturated rings. The Balaban J connectivity index is 0.000000771. The van der Waals surface area contributed by atoms with Crippen molar-refractivity contribution in [1.29, 1.82) is 0 Å². The second-order valence-electron chi connectivity index (χ2n) is 9.91. The molecule has 0 aliphatic heterocycles. The van der Waals surface area contributed by atoms with Gasteiger partial charge < -0.3 is 31.5 Å². The zero-order chi connectivity index (χ0) is 34.9. The predicted molar refractivity (Wildman–Crippen MR) is 170 cm³/mol. The molecule has 1 aromatic heterocycles. The second-order valence-corrected chi connectivity index (χ2v) is 12.2. The number of rotatable bonds is 10. The maximum Gasteiger partial charge on any atom is 0.490 e. The number of methoxy groups -OCH3 is 1. The summed E-state index contributed by atoms with van der Waals surface area (Å²) >= 11 is 0. The number of carboxylic acids is 1. The van der Waals surface area contributed by atoms with Crippen LogP contribution in [0.4, 0.5) is 30.4 Å². The first-order chi connectivity index (χ1) is 22.0. The molecule has 12 nitrogen and oxygen atoms in total. The van der Waals surface area contributed by atoms with Crippen molar-refractivity contribution in [2.24, 2.45) is 0 Å². The topological polar surface area (TPSA) is 190 Å². The normalized spacial score (nSPS) is 11.9. The SMILES string of the molecule is CCS(=O)(=O)c1ccc(NC(C)=O)cc1CNC(=O)C(Nc1ccc2c(N)nccc2c1)c1cccc(OC)c1.O=C(O)C(F)(F)F. The van der Waals surface area contributed by atoms with Gasteiger partial charge in [-0.1, -0.05) is 19.1 Å². The zero-order valence-corrected chi connectivity index (χ0v) is 26.2. The van der Waals surface area contributed by atoms with Crippen LogP contribution in [0, 0.1) is 0 Å². The van der Waals surface area contributed by atoms with Crippen LogP contribution < -0.4 is 26.4 Å². The van der Waals surface area contributed by atoms with E-state index < -0.39 is 33.9 Å². The monoisotopic (exact) mass is 675 g/mol. The number of anilines is 3. The summed E-state index contributed by atoms with van der Waals surface area (Å²) in [6, 6.07) is 18.1. The summed E-state index contributed by atoms with van der Waals surface area (Å²) in [6.45, 7) is 2.83. The predicted octanol–water partition coefficient (Wildman–Crippen LogP) is 4.68. The number of aromatic nitrogens is 1. The van der Waals surface area contributed by atoms with Gasteiger partial charge in [-0.05, 0) is 71.1 Å². The van der Waals surface area contributed by atoms with Crippen LogP contribution in [0.3, 0.4) is 0 Å². The number of aliphatic carboxylic acids is 1. The molecule has 0 spiro atoms. The molecule has 2 amide bonds. The summed E-state index contributed by atoms with van der Waals surface area (Å²) in [6.07, 6.45) is -3.47. The van der Waals surface area contributed by atoms with Crippen LogP contribution in [0.15, 0.2) is 77.8 Å². The second kappa shape index (κ2) is 15.3. The fraction of sp³-hybridized carbons (Fsp3) is 0.226. The van der Waals surface area contributed by atoms with E-state index >= 15 is 0 Å². The van der Waals surface area contributed by atoms with E-state index in [1.54, 1.807) is 50.6 Å². The number of fused-ring (bicyclic) bond motifs is 1. The molecule has 0 aliphatic rings. The Morgan fingerprint density at radius 2 is 1.70 bits per heavy atom. The van der Waals surface area contributed by atoms with E-state index in [4.69, 9.17) is 20.4 Å². The fourth-order valence-corrected chi connectivity index (χ4v) is 5.44. The number of nitrogens with one attached hydrogen (secondary N) is 3.